The van der Waals surface area contributed by atoms with Crippen LogP contribution in [0.25, 0.3) is 0 Å². The van der Waals surface area contributed by atoms with E-state index in [-0.39, 0.29) is 23.3 Å². The van der Waals surface area contributed by atoms with Crippen LogP contribution in [0.2, 0.25) is 0 Å². The lowest BCUT2D eigenvalue weighted by Crippen LogP contribution is -2.29. The molecule has 2 aliphatic rings. The summed E-state index contributed by atoms with van der Waals surface area (Å²) in [5.41, 5.74) is 2.68. The molecule has 0 spiro atoms. The van der Waals surface area contributed by atoms with E-state index >= 15 is 0 Å². The van der Waals surface area contributed by atoms with E-state index in [1.807, 2.05) is 31.2 Å². The molecule has 2 aliphatic heterocycles. The molecular weight excluding hydrogens is 414 g/mol. The predicted octanol–water partition coefficient (Wildman–Crippen LogP) is 3.91. The molecular formula is C23H25N3O4S. The molecule has 2 aromatic rings. The van der Waals surface area contributed by atoms with Crippen LogP contribution in [0.1, 0.15) is 36.5 Å². The Kier molecular flexibility index (Phi) is 6.46. The fraction of sp³-hybridized carbons (Fsp3) is 0.348. The van der Waals surface area contributed by atoms with Gasteiger partial charge in [0.1, 0.15) is 0 Å². The number of ether oxygens (including phenoxy) is 1. The number of nitrogens with zero attached hydrogens (tertiary/aromatic N) is 1. The topological polar surface area (TPSA) is 87.7 Å². The molecule has 31 heavy (non-hydrogen) atoms. The third-order valence-corrected chi connectivity index (χ3v) is 6.53. The van der Waals surface area contributed by atoms with Crippen molar-refractivity contribution in [3.05, 3.63) is 48.0 Å². The Hall–Kier alpha value is -3.00. The quantitative estimate of drug-likeness (QED) is 0.687. The van der Waals surface area contributed by atoms with E-state index in [9.17, 15) is 14.4 Å². The van der Waals surface area contributed by atoms with Crippen LogP contribution in [0.15, 0.2) is 47.4 Å². The number of carbonyl (C=O) groups excluding carboxylic acids is 3. The number of anilines is 3. The number of thioether (sulfide) groups is 1. The highest BCUT2D eigenvalue weighted by atomic mass is 32.2. The Bertz CT molecular complexity index is 987. The fourth-order valence-corrected chi connectivity index (χ4v) is 4.59. The second-order valence-electron chi connectivity index (χ2n) is 7.68. The van der Waals surface area contributed by atoms with Crippen LogP contribution in [0.3, 0.4) is 0 Å². The molecule has 1 fully saturated rings. The number of hydrogen-bond donors (Lipinski definition) is 2. The molecule has 2 amide bonds. The monoisotopic (exact) mass is 439 g/mol. The normalized spacial score (nSPS) is 18.0. The van der Waals surface area contributed by atoms with Crippen LogP contribution >= 0.6 is 11.8 Å². The van der Waals surface area contributed by atoms with Gasteiger partial charge in [0.05, 0.1) is 16.5 Å². The van der Waals surface area contributed by atoms with Gasteiger partial charge in [-0.2, -0.15) is 0 Å². The van der Waals surface area contributed by atoms with Crippen molar-refractivity contribution in [3.8, 4) is 0 Å². The van der Waals surface area contributed by atoms with Gasteiger partial charge in [-0.3, -0.25) is 9.59 Å². The number of fused-ring (bicyclic) bond motifs is 1. The highest BCUT2D eigenvalue weighted by Crippen LogP contribution is 2.36. The lowest BCUT2D eigenvalue weighted by molar-refractivity contribution is -0.119. The number of rotatable bonds is 5. The van der Waals surface area contributed by atoms with Crippen molar-refractivity contribution in [2.75, 3.05) is 35.2 Å². The van der Waals surface area contributed by atoms with Gasteiger partial charge < -0.3 is 20.3 Å². The molecule has 162 valence electrons. The second kappa shape index (κ2) is 9.43. The summed E-state index contributed by atoms with van der Waals surface area (Å²) in [7, 11) is 0. The van der Waals surface area contributed by atoms with Gasteiger partial charge in [-0.1, -0.05) is 0 Å². The Labute approximate surface area is 185 Å². The van der Waals surface area contributed by atoms with Crippen LogP contribution in [0.5, 0.6) is 0 Å². The molecule has 8 heteroatoms. The molecule has 7 nitrogen and oxygen atoms in total. The number of nitrogens with one attached hydrogen (secondary N) is 2. The summed E-state index contributed by atoms with van der Waals surface area (Å²) in [5, 5.41) is 5.35. The van der Waals surface area contributed by atoms with E-state index in [1.165, 1.54) is 31.0 Å². The summed E-state index contributed by atoms with van der Waals surface area (Å²) in [6.45, 7) is 3.56. The van der Waals surface area contributed by atoms with Crippen LogP contribution in [-0.2, 0) is 14.3 Å². The number of piperidine rings is 1. The fourth-order valence-electron chi connectivity index (χ4n) is 3.65. The summed E-state index contributed by atoms with van der Waals surface area (Å²) in [5.74, 6) is -1.13. The van der Waals surface area contributed by atoms with Crippen molar-refractivity contribution < 1.29 is 19.1 Å². The maximum absolute atomic E-state index is 12.3. The van der Waals surface area contributed by atoms with Crippen molar-refractivity contribution >= 4 is 46.6 Å². The first-order chi connectivity index (χ1) is 15.0. The van der Waals surface area contributed by atoms with Crippen LogP contribution < -0.4 is 15.5 Å². The molecule has 2 aromatic carbocycles. The molecule has 2 N–H and O–H groups in total. The Balaban J connectivity index is 1.29. The van der Waals surface area contributed by atoms with Gasteiger partial charge in [0, 0.05) is 29.4 Å². The molecule has 1 saturated heterocycles. The lowest BCUT2D eigenvalue weighted by atomic mass is 10.1. The van der Waals surface area contributed by atoms with Gasteiger partial charge in [0.25, 0.3) is 5.91 Å². The Morgan fingerprint density at radius 3 is 2.61 bits per heavy atom. The minimum atomic E-state index is -0.615. The van der Waals surface area contributed by atoms with E-state index in [4.69, 9.17) is 4.74 Å². The molecule has 0 bridgehead atoms. The average Bonchev–Trinajstić information content (AvgIpc) is 2.79. The Morgan fingerprint density at radius 2 is 1.87 bits per heavy atom. The van der Waals surface area contributed by atoms with Crippen molar-refractivity contribution in [1.29, 1.82) is 0 Å². The maximum Gasteiger partial charge on any atom is 0.338 e. The smallest absolute Gasteiger partial charge is 0.338 e. The van der Waals surface area contributed by atoms with Crippen LogP contribution in [0.4, 0.5) is 17.1 Å². The first kappa shape index (κ1) is 21.2. The standard InChI is InChI=1S/C23H25N3O4S/c1-15-22(28)25-19-13-16(5-10-20(19)31-15)23(29)30-14-21(27)24-17-6-8-18(9-7-17)26-11-3-2-4-12-26/h5-10,13,15H,2-4,11-12,14H2,1H3,(H,24,27)(H,25,28). The summed E-state index contributed by atoms with van der Waals surface area (Å²) in [6, 6.07) is 12.7. The minimum absolute atomic E-state index is 0.103. The van der Waals surface area contributed by atoms with E-state index in [0.717, 1.165) is 23.7 Å². The molecule has 1 atom stereocenters. The van der Waals surface area contributed by atoms with E-state index in [2.05, 4.69) is 15.5 Å². The van der Waals surface area contributed by atoms with Gasteiger partial charge >= 0.3 is 5.97 Å². The molecule has 0 radical (unpaired) electrons. The van der Waals surface area contributed by atoms with Gasteiger partial charge in [0.2, 0.25) is 5.91 Å². The molecule has 1 unspecified atom stereocenters. The van der Waals surface area contributed by atoms with E-state index in [1.54, 1.807) is 18.2 Å². The van der Waals surface area contributed by atoms with E-state index in [0.29, 0.717) is 11.4 Å². The van der Waals surface area contributed by atoms with Crippen molar-refractivity contribution in [1.82, 2.24) is 0 Å². The van der Waals surface area contributed by atoms with Gasteiger partial charge in [-0.05, 0) is 68.7 Å². The summed E-state index contributed by atoms with van der Waals surface area (Å²) in [4.78, 5) is 39.6. The molecule has 2 heterocycles. The van der Waals surface area contributed by atoms with Crippen LogP contribution in [-0.4, -0.2) is 42.7 Å². The first-order valence-corrected chi connectivity index (χ1v) is 11.3. The molecule has 0 aliphatic carbocycles. The van der Waals surface area contributed by atoms with Crippen molar-refractivity contribution in [2.45, 2.75) is 36.3 Å². The Morgan fingerprint density at radius 1 is 1.13 bits per heavy atom. The minimum Gasteiger partial charge on any atom is -0.452 e. The average molecular weight is 440 g/mol. The highest BCUT2D eigenvalue weighted by molar-refractivity contribution is 8.00. The van der Waals surface area contributed by atoms with Gasteiger partial charge in [-0.25, -0.2) is 4.79 Å². The predicted molar refractivity (Wildman–Crippen MR) is 122 cm³/mol. The third kappa shape index (κ3) is 5.19. The van der Waals surface area contributed by atoms with Crippen LogP contribution in [0, 0.1) is 0 Å². The number of amides is 2. The number of esters is 1. The van der Waals surface area contributed by atoms with Gasteiger partial charge in [-0.15, -0.1) is 11.8 Å². The maximum atomic E-state index is 12.3. The lowest BCUT2D eigenvalue weighted by Gasteiger charge is -2.28. The largest absolute Gasteiger partial charge is 0.452 e. The van der Waals surface area contributed by atoms with Crippen molar-refractivity contribution in [2.24, 2.45) is 0 Å². The zero-order valence-corrected chi connectivity index (χ0v) is 18.2. The second-order valence-corrected chi connectivity index (χ2v) is 9.06. The zero-order chi connectivity index (χ0) is 21.8. The third-order valence-electron chi connectivity index (χ3n) is 5.35. The molecule has 0 saturated carbocycles. The van der Waals surface area contributed by atoms with E-state index < -0.39 is 11.9 Å². The summed E-state index contributed by atoms with van der Waals surface area (Å²) < 4.78 is 5.14. The van der Waals surface area contributed by atoms with Crippen molar-refractivity contribution in [3.63, 3.8) is 0 Å². The number of benzene rings is 2. The SMILES string of the molecule is CC1Sc2ccc(C(=O)OCC(=O)Nc3ccc(N4CCCCC4)cc3)cc2NC1=O. The highest BCUT2D eigenvalue weighted by Gasteiger charge is 2.24. The summed E-state index contributed by atoms with van der Waals surface area (Å²) in [6.07, 6.45) is 3.69. The molecule has 4 rings (SSSR count). The number of hydrogen-bond acceptors (Lipinski definition) is 6. The number of carbonyl (C=O) groups is 3. The first-order valence-electron chi connectivity index (χ1n) is 10.4. The zero-order valence-electron chi connectivity index (χ0n) is 17.3. The summed E-state index contributed by atoms with van der Waals surface area (Å²) >= 11 is 1.44. The molecule has 0 aromatic heterocycles. The van der Waals surface area contributed by atoms with Gasteiger partial charge in [0.15, 0.2) is 6.61 Å².